The molecular formula is C9H16N4O2. The Morgan fingerprint density at radius 2 is 2.33 bits per heavy atom. The van der Waals surface area contributed by atoms with Crippen LogP contribution in [0.2, 0.25) is 0 Å². The molecule has 0 aliphatic rings. The lowest BCUT2D eigenvalue weighted by Crippen LogP contribution is -2.39. The summed E-state index contributed by atoms with van der Waals surface area (Å²) < 4.78 is 0. The molecule has 0 saturated heterocycles. The molecule has 0 spiro atoms. The van der Waals surface area contributed by atoms with E-state index in [9.17, 15) is 9.59 Å². The van der Waals surface area contributed by atoms with E-state index in [1.165, 1.54) is 12.3 Å². The number of H-pyrrole nitrogens is 1. The second-order valence-corrected chi connectivity index (χ2v) is 3.21. The maximum atomic E-state index is 11.2. The molecule has 6 nitrogen and oxygen atoms in total. The van der Waals surface area contributed by atoms with Gasteiger partial charge in [-0.1, -0.05) is 19.8 Å². The van der Waals surface area contributed by atoms with Gasteiger partial charge in [0, 0.05) is 18.8 Å². The third-order valence-electron chi connectivity index (χ3n) is 1.93. The molecule has 1 rings (SSSR count). The number of aromatic amines is 1. The fraction of sp³-hybridized carbons (Fsp3) is 0.556. The summed E-state index contributed by atoms with van der Waals surface area (Å²) in [6.07, 6.45) is 4.60. The van der Waals surface area contributed by atoms with Gasteiger partial charge in [-0.2, -0.15) is 4.79 Å². The van der Waals surface area contributed by atoms with Gasteiger partial charge in [0.25, 0.3) is 5.56 Å². The van der Waals surface area contributed by atoms with E-state index in [0.717, 1.165) is 24.1 Å². The molecule has 0 unspecified atom stereocenters. The fourth-order valence-corrected chi connectivity index (χ4v) is 1.13. The monoisotopic (exact) mass is 212 g/mol. The average Bonchev–Trinajstić information content (AvgIpc) is 2.59. The normalized spacial score (nSPS) is 9.93. The quantitative estimate of drug-likeness (QED) is 0.625. The molecule has 1 heterocycles. The lowest BCUT2D eigenvalue weighted by Gasteiger charge is -2.06. The molecule has 0 fully saturated rings. The Morgan fingerprint density at radius 1 is 1.53 bits per heavy atom. The molecule has 1 aromatic rings. The van der Waals surface area contributed by atoms with Crippen molar-refractivity contribution in [1.29, 1.82) is 0 Å². The molecule has 0 aromatic carbocycles. The van der Waals surface area contributed by atoms with Gasteiger partial charge in [-0.25, -0.2) is 10.2 Å². The van der Waals surface area contributed by atoms with Crippen molar-refractivity contribution in [2.45, 2.75) is 26.2 Å². The minimum atomic E-state index is -0.379. The van der Waals surface area contributed by atoms with Crippen LogP contribution >= 0.6 is 0 Å². The number of carbonyl (C=O) groups excluding carboxylic acids is 1. The van der Waals surface area contributed by atoms with Gasteiger partial charge < -0.3 is 5.32 Å². The Bertz CT molecular complexity index is 355. The fourth-order valence-electron chi connectivity index (χ4n) is 1.13. The predicted molar refractivity (Wildman–Crippen MR) is 57.3 cm³/mol. The van der Waals surface area contributed by atoms with Crippen LogP contribution in [0.4, 0.5) is 4.79 Å². The van der Waals surface area contributed by atoms with E-state index < -0.39 is 0 Å². The molecule has 0 radical (unpaired) electrons. The van der Waals surface area contributed by atoms with Gasteiger partial charge in [0.05, 0.1) is 0 Å². The molecule has 3 N–H and O–H groups in total. The molecule has 0 aliphatic heterocycles. The zero-order chi connectivity index (χ0) is 11.1. The van der Waals surface area contributed by atoms with Crippen molar-refractivity contribution in [2.75, 3.05) is 12.0 Å². The number of aromatic nitrogens is 2. The highest BCUT2D eigenvalue weighted by Gasteiger charge is 2.01. The summed E-state index contributed by atoms with van der Waals surface area (Å²) in [5.41, 5.74) is 2.07. The summed E-state index contributed by atoms with van der Waals surface area (Å²) >= 11 is 0. The van der Waals surface area contributed by atoms with Gasteiger partial charge in [0.15, 0.2) is 0 Å². The van der Waals surface area contributed by atoms with E-state index in [4.69, 9.17) is 0 Å². The molecule has 0 bridgehead atoms. The second-order valence-electron chi connectivity index (χ2n) is 3.21. The molecule has 15 heavy (non-hydrogen) atoms. The highest BCUT2D eigenvalue weighted by atomic mass is 16.2. The first-order valence-electron chi connectivity index (χ1n) is 5.05. The third kappa shape index (κ3) is 3.88. The smallest absolute Gasteiger partial charge is 0.335 e. The van der Waals surface area contributed by atoms with Crippen LogP contribution in [-0.2, 0) is 0 Å². The van der Waals surface area contributed by atoms with Crippen molar-refractivity contribution >= 4 is 6.03 Å². The van der Waals surface area contributed by atoms with Crippen molar-refractivity contribution in [3.8, 4) is 0 Å². The summed E-state index contributed by atoms with van der Waals surface area (Å²) in [6.45, 7) is 2.72. The first-order valence-corrected chi connectivity index (χ1v) is 5.05. The number of carbonyl (C=O) groups is 1. The number of urea groups is 1. The molecule has 0 saturated carbocycles. The third-order valence-corrected chi connectivity index (χ3v) is 1.93. The van der Waals surface area contributed by atoms with Crippen molar-refractivity contribution < 1.29 is 4.79 Å². The predicted octanol–water partition coefficient (Wildman–Crippen LogP) is 0.620. The number of amides is 2. The van der Waals surface area contributed by atoms with Crippen molar-refractivity contribution in [3.63, 3.8) is 0 Å². The van der Waals surface area contributed by atoms with Crippen molar-refractivity contribution in [3.05, 3.63) is 22.6 Å². The van der Waals surface area contributed by atoms with Gasteiger partial charge in [-0.05, 0) is 6.42 Å². The van der Waals surface area contributed by atoms with Gasteiger partial charge >= 0.3 is 6.03 Å². The van der Waals surface area contributed by atoms with Gasteiger partial charge in [0.1, 0.15) is 0 Å². The molecule has 84 valence electrons. The summed E-state index contributed by atoms with van der Waals surface area (Å²) in [5, 5.41) is 5.22. The molecule has 2 amide bonds. The Kier molecular flexibility index (Phi) is 4.46. The van der Waals surface area contributed by atoms with Crippen LogP contribution in [-0.4, -0.2) is 22.5 Å². The maximum Gasteiger partial charge on any atom is 0.335 e. The van der Waals surface area contributed by atoms with E-state index in [0.29, 0.717) is 6.54 Å². The minimum absolute atomic E-state index is 0.293. The van der Waals surface area contributed by atoms with E-state index in [2.05, 4.69) is 22.8 Å². The lowest BCUT2D eigenvalue weighted by molar-refractivity contribution is 0.248. The topological polar surface area (TPSA) is 78.9 Å². The first kappa shape index (κ1) is 11.4. The van der Waals surface area contributed by atoms with Gasteiger partial charge in [0.2, 0.25) is 0 Å². The number of hydrogen-bond donors (Lipinski definition) is 3. The van der Waals surface area contributed by atoms with Crippen LogP contribution in [0.25, 0.3) is 0 Å². The molecule has 6 heteroatoms. The first-order chi connectivity index (χ1) is 7.24. The number of hydrogen-bond acceptors (Lipinski definition) is 2. The average molecular weight is 212 g/mol. The SMILES string of the molecule is CCCCCNC(=O)Nn1[nH]ccc1=O. The van der Waals surface area contributed by atoms with E-state index in [1.54, 1.807) is 0 Å². The van der Waals surface area contributed by atoms with Gasteiger partial charge in [-0.15, -0.1) is 0 Å². The summed E-state index contributed by atoms with van der Waals surface area (Å²) in [6, 6.07) is 0.952. The Labute approximate surface area is 87.6 Å². The zero-order valence-corrected chi connectivity index (χ0v) is 8.75. The molecule has 1 aromatic heterocycles. The summed E-state index contributed by atoms with van der Waals surface area (Å²) in [7, 11) is 0. The second kappa shape index (κ2) is 5.90. The van der Waals surface area contributed by atoms with Gasteiger partial charge in [-0.3, -0.25) is 9.89 Å². The van der Waals surface area contributed by atoms with E-state index in [-0.39, 0.29) is 11.6 Å². The Hall–Kier alpha value is -1.72. The lowest BCUT2D eigenvalue weighted by atomic mass is 10.2. The van der Waals surface area contributed by atoms with Crippen LogP contribution in [0.5, 0.6) is 0 Å². The van der Waals surface area contributed by atoms with Crippen LogP contribution < -0.4 is 16.3 Å². The van der Waals surface area contributed by atoms with Crippen LogP contribution in [0.3, 0.4) is 0 Å². The molecule has 0 atom stereocenters. The van der Waals surface area contributed by atoms with E-state index in [1.807, 2.05) is 0 Å². The summed E-state index contributed by atoms with van der Waals surface area (Å²) in [4.78, 5) is 23.3. The van der Waals surface area contributed by atoms with Crippen molar-refractivity contribution in [2.24, 2.45) is 0 Å². The standard InChI is InChI=1S/C9H16N4O2/c1-2-3-4-6-10-9(15)12-13-8(14)5-7-11-13/h5,7,11H,2-4,6H2,1H3,(H2,10,12,15). The van der Waals surface area contributed by atoms with E-state index >= 15 is 0 Å². The highest BCUT2D eigenvalue weighted by molar-refractivity contribution is 5.81. The number of nitrogens with one attached hydrogen (secondary N) is 3. The van der Waals surface area contributed by atoms with Crippen LogP contribution in [0.15, 0.2) is 17.1 Å². The number of rotatable bonds is 5. The minimum Gasteiger partial charge on any atom is -0.337 e. The van der Waals surface area contributed by atoms with Crippen LogP contribution in [0.1, 0.15) is 26.2 Å². The Morgan fingerprint density at radius 3 is 2.93 bits per heavy atom. The Balaban J connectivity index is 2.25. The van der Waals surface area contributed by atoms with Crippen LogP contribution in [0, 0.1) is 0 Å². The highest BCUT2D eigenvalue weighted by Crippen LogP contribution is 1.90. The largest absolute Gasteiger partial charge is 0.337 e. The molecule has 0 aliphatic carbocycles. The van der Waals surface area contributed by atoms with Crippen molar-refractivity contribution in [1.82, 2.24) is 15.2 Å². The maximum absolute atomic E-state index is 11.2. The zero-order valence-electron chi connectivity index (χ0n) is 8.75. The number of nitrogens with zero attached hydrogens (tertiary/aromatic N) is 1. The number of unbranched alkanes of at least 4 members (excludes halogenated alkanes) is 2. The summed E-state index contributed by atoms with van der Waals surface area (Å²) in [5.74, 6) is 0. The molecular weight excluding hydrogens is 196 g/mol.